The molecule has 2 N–H and O–H groups in total. The average Bonchev–Trinajstić information content (AvgIpc) is 3.40. The van der Waals surface area contributed by atoms with E-state index in [2.05, 4.69) is 5.32 Å². The molecule has 0 radical (unpaired) electrons. The monoisotopic (exact) mass is 370 g/mol. The average molecular weight is 371 g/mol. The van der Waals surface area contributed by atoms with E-state index in [1.54, 1.807) is 19.1 Å². The van der Waals surface area contributed by atoms with Gasteiger partial charge in [-0.05, 0) is 19.8 Å². The van der Waals surface area contributed by atoms with Gasteiger partial charge < -0.3 is 19.9 Å². The van der Waals surface area contributed by atoms with Gasteiger partial charge in [0.1, 0.15) is 17.5 Å². The quantitative estimate of drug-likeness (QED) is 0.694. The van der Waals surface area contributed by atoms with Crippen LogP contribution in [0.25, 0.3) is 0 Å². The Bertz CT molecular complexity index is 648. The first-order valence-electron chi connectivity index (χ1n) is 8.07. The first kappa shape index (κ1) is 19.3. The van der Waals surface area contributed by atoms with Gasteiger partial charge in [-0.1, -0.05) is 11.6 Å². The van der Waals surface area contributed by atoms with Gasteiger partial charge in [0.2, 0.25) is 5.91 Å². The van der Waals surface area contributed by atoms with Crippen LogP contribution in [0.2, 0.25) is 5.02 Å². The Morgan fingerprint density at radius 1 is 1.32 bits per heavy atom. The predicted molar refractivity (Wildman–Crippen MR) is 94.6 cm³/mol. The zero-order valence-electron chi connectivity index (χ0n) is 14.5. The van der Waals surface area contributed by atoms with Gasteiger partial charge in [-0.15, -0.1) is 0 Å². The normalized spacial score (nSPS) is 14.9. The minimum atomic E-state index is -0.878. The fourth-order valence-corrected chi connectivity index (χ4v) is 2.87. The largest absolute Gasteiger partial charge is 0.495 e. The number of carbonyl (C=O) groups is 2. The summed E-state index contributed by atoms with van der Waals surface area (Å²) in [7, 11) is 2.97. The lowest BCUT2D eigenvalue weighted by Crippen LogP contribution is -2.42. The van der Waals surface area contributed by atoms with Crippen LogP contribution in [0.5, 0.6) is 11.5 Å². The van der Waals surface area contributed by atoms with Crippen molar-refractivity contribution in [3.05, 3.63) is 17.2 Å². The molecule has 0 spiro atoms. The molecule has 0 heterocycles. The van der Waals surface area contributed by atoms with Crippen molar-refractivity contribution in [2.45, 2.75) is 38.3 Å². The van der Waals surface area contributed by atoms with E-state index in [0.29, 0.717) is 28.8 Å². The summed E-state index contributed by atoms with van der Waals surface area (Å²) < 4.78 is 10.4. The van der Waals surface area contributed by atoms with Crippen LogP contribution in [0.1, 0.15) is 26.2 Å². The second-order valence-electron chi connectivity index (χ2n) is 5.97. The van der Waals surface area contributed by atoms with Crippen molar-refractivity contribution >= 4 is 29.2 Å². The number of halogens is 1. The molecule has 1 saturated carbocycles. The number of amides is 1. The highest BCUT2D eigenvalue weighted by molar-refractivity contribution is 6.32. The number of benzene rings is 1. The SMILES string of the molecule is COc1cc(NC(=O)CCN(C2CC2)C(C)C(=O)O)c(OC)cc1Cl. The maximum absolute atomic E-state index is 12.3. The van der Waals surface area contributed by atoms with E-state index >= 15 is 0 Å². The molecule has 1 aliphatic rings. The number of carboxylic acid groups (broad SMARTS) is 1. The highest BCUT2D eigenvalue weighted by atomic mass is 35.5. The molecule has 7 nitrogen and oxygen atoms in total. The number of rotatable bonds is 9. The topological polar surface area (TPSA) is 88.1 Å². The van der Waals surface area contributed by atoms with Crippen LogP contribution in [-0.4, -0.2) is 54.7 Å². The Morgan fingerprint density at radius 3 is 2.48 bits per heavy atom. The number of anilines is 1. The van der Waals surface area contributed by atoms with E-state index in [4.69, 9.17) is 21.1 Å². The summed E-state index contributed by atoms with van der Waals surface area (Å²) in [4.78, 5) is 25.4. The van der Waals surface area contributed by atoms with Crippen molar-refractivity contribution in [1.29, 1.82) is 0 Å². The number of carboxylic acids is 1. The van der Waals surface area contributed by atoms with Crippen molar-refractivity contribution in [3.63, 3.8) is 0 Å². The first-order valence-corrected chi connectivity index (χ1v) is 8.45. The molecule has 0 bridgehead atoms. The van der Waals surface area contributed by atoms with E-state index in [1.165, 1.54) is 14.2 Å². The molecule has 1 aromatic carbocycles. The maximum Gasteiger partial charge on any atom is 0.320 e. The number of ether oxygens (including phenoxy) is 2. The zero-order chi connectivity index (χ0) is 18.6. The third kappa shape index (κ3) is 4.99. The molecule has 0 aromatic heterocycles. The van der Waals surface area contributed by atoms with E-state index in [0.717, 1.165) is 12.8 Å². The van der Waals surface area contributed by atoms with Crippen molar-refractivity contribution in [2.75, 3.05) is 26.1 Å². The molecule has 1 atom stereocenters. The molecule has 1 amide bonds. The Balaban J connectivity index is 2.01. The lowest BCUT2D eigenvalue weighted by atomic mass is 10.2. The van der Waals surface area contributed by atoms with E-state index in [-0.39, 0.29) is 18.4 Å². The molecule has 1 fully saturated rings. The number of hydrogen-bond acceptors (Lipinski definition) is 5. The summed E-state index contributed by atoms with van der Waals surface area (Å²) in [6, 6.07) is 2.81. The highest BCUT2D eigenvalue weighted by Crippen LogP contribution is 2.36. The molecule has 0 saturated heterocycles. The fourth-order valence-electron chi connectivity index (χ4n) is 2.64. The fraction of sp³-hybridized carbons (Fsp3) is 0.529. The molecule has 2 rings (SSSR count). The maximum atomic E-state index is 12.3. The van der Waals surface area contributed by atoms with Gasteiger partial charge in [0.25, 0.3) is 0 Å². The number of methoxy groups -OCH3 is 2. The summed E-state index contributed by atoms with van der Waals surface area (Å²) >= 11 is 6.05. The Hall–Kier alpha value is -1.99. The molecule has 0 aliphatic heterocycles. The second kappa shape index (κ2) is 8.40. The molecule has 1 aromatic rings. The summed E-state index contributed by atoms with van der Waals surface area (Å²) in [6.07, 6.45) is 2.13. The molecule has 8 heteroatoms. The van der Waals surface area contributed by atoms with E-state index in [9.17, 15) is 14.7 Å². The number of aliphatic carboxylic acids is 1. The van der Waals surface area contributed by atoms with Crippen LogP contribution < -0.4 is 14.8 Å². The standard InChI is InChI=1S/C17H23ClN2O5/c1-10(17(22)23)20(11-4-5-11)7-6-16(21)19-13-9-14(24-2)12(18)8-15(13)25-3/h8-11H,4-7H2,1-3H3,(H,19,21)(H,22,23). The van der Waals surface area contributed by atoms with Crippen LogP contribution >= 0.6 is 11.6 Å². The highest BCUT2D eigenvalue weighted by Gasteiger charge is 2.34. The molecular formula is C17H23ClN2O5. The summed E-state index contributed by atoms with van der Waals surface area (Å²) in [5.74, 6) is -0.253. The summed E-state index contributed by atoms with van der Waals surface area (Å²) in [5.41, 5.74) is 0.456. The predicted octanol–water partition coefficient (Wildman–Crippen LogP) is 2.62. The van der Waals surface area contributed by atoms with Gasteiger partial charge in [0.05, 0.1) is 24.9 Å². The van der Waals surface area contributed by atoms with Crippen LogP contribution in [0.3, 0.4) is 0 Å². The zero-order valence-corrected chi connectivity index (χ0v) is 15.3. The van der Waals surface area contributed by atoms with Gasteiger partial charge in [-0.25, -0.2) is 0 Å². The molecule has 138 valence electrons. The number of hydrogen-bond donors (Lipinski definition) is 2. The Morgan fingerprint density at radius 2 is 1.96 bits per heavy atom. The smallest absolute Gasteiger partial charge is 0.320 e. The summed E-state index contributed by atoms with van der Waals surface area (Å²) in [6.45, 7) is 2.03. The number of nitrogens with zero attached hydrogens (tertiary/aromatic N) is 1. The van der Waals surface area contributed by atoms with Crippen molar-refractivity contribution < 1.29 is 24.2 Å². The van der Waals surface area contributed by atoms with E-state index < -0.39 is 12.0 Å². The first-order chi connectivity index (χ1) is 11.9. The third-order valence-electron chi connectivity index (χ3n) is 4.22. The van der Waals surface area contributed by atoms with Gasteiger partial charge in [0.15, 0.2) is 0 Å². The molecule has 1 aliphatic carbocycles. The number of carbonyl (C=O) groups excluding carboxylic acids is 1. The van der Waals surface area contributed by atoms with Gasteiger partial charge in [-0.2, -0.15) is 0 Å². The minimum absolute atomic E-state index is 0.183. The van der Waals surface area contributed by atoms with Gasteiger partial charge in [0, 0.05) is 31.1 Å². The third-order valence-corrected chi connectivity index (χ3v) is 4.51. The lowest BCUT2D eigenvalue weighted by Gasteiger charge is -2.25. The van der Waals surface area contributed by atoms with Crippen LogP contribution in [0, 0.1) is 0 Å². The van der Waals surface area contributed by atoms with Crippen LogP contribution in [-0.2, 0) is 9.59 Å². The molecule has 25 heavy (non-hydrogen) atoms. The second-order valence-corrected chi connectivity index (χ2v) is 6.38. The minimum Gasteiger partial charge on any atom is -0.495 e. The van der Waals surface area contributed by atoms with Crippen molar-refractivity contribution in [2.24, 2.45) is 0 Å². The summed E-state index contributed by atoms with van der Waals surface area (Å²) in [5, 5.41) is 12.3. The lowest BCUT2D eigenvalue weighted by molar-refractivity contribution is -0.143. The number of nitrogens with one attached hydrogen (secondary N) is 1. The van der Waals surface area contributed by atoms with Crippen LogP contribution in [0.4, 0.5) is 5.69 Å². The molecule has 1 unspecified atom stereocenters. The van der Waals surface area contributed by atoms with Crippen LogP contribution in [0.15, 0.2) is 12.1 Å². The van der Waals surface area contributed by atoms with E-state index in [1.807, 2.05) is 4.90 Å². The Kier molecular flexibility index (Phi) is 6.50. The van der Waals surface area contributed by atoms with Crippen molar-refractivity contribution in [1.82, 2.24) is 4.90 Å². The molecular weight excluding hydrogens is 348 g/mol. The van der Waals surface area contributed by atoms with Gasteiger partial charge >= 0.3 is 5.97 Å². The van der Waals surface area contributed by atoms with Gasteiger partial charge in [-0.3, -0.25) is 14.5 Å². The Labute approximate surface area is 151 Å². The van der Waals surface area contributed by atoms with Crippen molar-refractivity contribution in [3.8, 4) is 11.5 Å².